The van der Waals surface area contributed by atoms with Crippen molar-refractivity contribution in [1.82, 2.24) is 19.8 Å². The van der Waals surface area contributed by atoms with Crippen molar-refractivity contribution >= 4 is 34.3 Å². The quantitative estimate of drug-likeness (QED) is 0.466. The molecule has 1 aromatic heterocycles. The zero-order valence-corrected chi connectivity index (χ0v) is 20.4. The molecule has 2 aromatic carbocycles. The van der Waals surface area contributed by atoms with E-state index >= 15 is 0 Å². The molecular weight excluding hydrogens is 456 g/mol. The van der Waals surface area contributed by atoms with Crippen LogP contribution in [0.4, 0.5) is 16.3 Å². The van der Waals surface area contributed by atoms with E-state index in [1.165, 1.54) is 0 Å². The Morgan fingerprint density at radius 2 is 1.75 bits per heavy atom. The third-order valence-electron chi connectivity index (χ3n) is 6.20. The van der Waals surface area contributed by atoms with E-state index < -0.39 is 11.9 Å². The number of nitrogens with zero attached hydrogens (tertiary/aromatic N) is 5. The number of piperazine rings is 1. The molecule has 2 heterocycles. The number of nitrogens with two attached hydrogens (primary N) is 1. The topological polar surface area (TPSA) is 140 Å². The predicted molar refractivity (Wildman–Crippen MR) is 138 cm³/mol. The van der Waals surface area contributed by atoms with Gasteiger partial charge in [0.15, 0.2) is 0 Å². The van der Waals surface area contributed by atoms with Crippen molar-refractivity contribution in [1.29, 1.82) is 5.26 Å². The first kappa shape index (κ1) is 24.9. The Balaban J connectivity index is 1.41. The number of fused-ring (bicyclic) bond motifs is 1. The van der Waals surface area contributed by atoms with Gasteiger partial charge in [-0.1, -0.05) is 26.0 Å². The molecule has 3 amide bonds. The molecule has 1 atom stereocenters. The van der Waals surface area contributed by atoms with Crippen molar-refractivity contribution < 1.29 is 9.59 Å². The zero-order chi connectivity index (χ0) is 25.7. The summed E-state index contributed by atoms with van der Waals surface area (Å²) in [7, 11) is 0. The second-order valence-electron chi connectivity index (χ2n) is 9.16. The molecule has 1 aliphatic rings. The first-order chi connectivity index (χ1) is 17.3. The molecule has 0 aliphatic carbocycles. The fourth-order valence-corrected chi connectivity index (χ4v) is 4.16. The molecule has 36 heavy (non-hydrogen) atoms. The summed E-state index contributed by atoms with van der Waals surface area (Å²) in [5.41, 5.74) is 7.60. The number of carbonyl (C=O) groups is 2. The van der Waals surface area contributed by atoms with E-state index in [9.17, 15) is 9.59 Å². The third kappa shape index (κ3) is 5.87. The number of urea groups is 1. The molecule has 10 nitrogen and oxygen atoms in total. The molecule has 1 aliphatic heterocycles. The van der Waals surface area contributed by atoms with Gasteiger partial charge in [0.25, 0.3) is 0 Å². The van der Waals surface area contributed by atoms with Crippen LogP contribution < -0.4 is 16.4 Å². The normalized spacial score (nSPS) is 14.9. The minimum absolute atomic E-state index is 0.00295. The lowest BCUT2D eigenvalue weighted by Gasteiger charge is -2.34. The summed E-state index contributed by atoms with van der Waals surface area (Å²) in [6.45, 7) is 6.88. The van der Waals surface area contributed by atoms with E-state index in [-0.39, 0.29) is 11.9 Å². The van der Waals surface area contributed by atoms with Crippen LogP contribution in [0.5, 0.6) is 0 Å². The predicted octanol–water partition coefficient (Wildman–Crippen LogP) is 2.77. The van der Waals surface area contributed by atoms with Crippen LogP contribution in [0.1, 0.15) is 25.2 Å². The summed E-state index contributed by atoms with van der Waals surface area (Å²) < 4.78 is 0. The molecule has 0 unspecified atom stereocenters. The summed E-state index contributed by atoms with van der Waals surface area (Å²) in [5, 5.41) is 15.9. The van der Waals surface area contributed by atoms with E-state index in [0.29, 0.717) is 55.6 Å². The van der Waals surface area contributed by atoms with Gasteiger partial charge in [-0.05, 0) is 42.3 Å². The summed E-state index contributed by atoms with van der Waals surface area (Å²) in [5.74, 6) is 0.806. The lowest BCUT2D eigenvalue weighted by Crippen LogP contribution is -2.49. The molecule has 1 saturated heterocycles. The Kier molecular flexibility index (Phi) is 7.61. The van der Waals surface area contributed by atoms with Crippen molar-refractivity contribution in [3.8, 4) is 6.07 Å². The van der Waals surface area contributed by atoms with Crippen molar-refractivity contribution in [2.75, 3.05) is 36.8 Å². The van der Waals surface area contributed by atoms with Gasteiger partial charge in [-0.25, -0.2) is 14.8 Å². The Bertz CT molecular complexity index is 1280. The lowest BCUT2D eigenvalue weighted by molar-refractivity contribution is -0.119. The van der Waals surface area contributed by atoms with Crippen molar-refractivity contribution in [3.63, 3.8) is 0 Å². The zero-order valence-electron chi connectivity index (χ0n) is 20.4. The molecule has 0 radical (unpaired) electrons. The second kappa shape index (κ2) is 11.0. The van der Waals surface area contributed by atoms with Crippen LogP contribution in [0.2, 0.25) is 0 Å². The van der Waals surface area contributed by atoms with Crippen LogP contribution >= 0.6 is 0 Å². The SMILES string of the molecule is CC(C)[C@H](Nc1nc(CN2CCN(C(=O)Nc3ccc(C#N)cc3)CC2)nc2ccccc12)C(N)=O. The smallest absolute Gasteiger partial charge is 0.321 e. The average molecular weight is 487 g/mol. The fourth-order valence-electron chi connectivity index (χ4n) is 4.16. The number of nitriles is 1. The van der Waals surface area contributed by atoms with E-state index in [2.05, 4.69) is 21.6 Å². The summed E-state index contributed by atoms with van der Waals surface area (Å²) >= 11 is 0. The maximum Gasteiger partial charge on any atom is 0.321 e. The Labute approximate surface area is 210 Å². The molecule has 4 N–H and O–H groups in total. The van der Waals surface area contributed by atoms with E-state index in [0.717, 1.165) is 10.9 Å². The van der Waals surface area contributed by atoms with Gasteiger partial charge in [-0.3, -0.25) is 9.69 Å². The maximum absolute atomic E-state index is 12.7. The highest BCUT2D eigenvalue weighted by molar-refractivity contribution is 5.92. The number of anilines is 2. The number of hydrogen-bond acceptors (Lipinski definition) is 7. The number of hydrogen-bond donors (Lipinski definition) is 3. The van der Waals surface area contributed by atoms with Crippen LogP contribution in [-0.4, -0.2) is 63.9 Å². The van der Waals surface area contributed by atoms with Crippen molar-refractivity contribution in [2.24, 2.45) is 11.7 Å². The number of carbonyl (C=O) groups excluding carboxylic acids is 2. The van der Waals surface area contributed by atoms with Gasteiger partial charge >= 0.3 is 6.03 Å². The van der Waals surface area contributed by atoms with E-state index in [4.69, 9.17) is 21.0 Å². The van der Waals surface area contributed by atoms with Crippen LogP contribution in [0, 0.1) is 17.2 Å². The molecule has 0 spiro atoms. The third-order valence-corrected chi connectivity index (χ3v) is 6.20. The fraction of sp³-hybridized carbons (Fsp3) is 0.346. The Morgan fingerprint density at radius 1 is 1.06 bits per heavy atom. The minimum Gasteiger partial charge on any atom is -0.368 e. The number of primary amides is 1. The first-order valence-corrected chi connectivity index (χ1v) is 11.9. The lowest BCUT2D eigenvalue weighted by atomic mass is 10.0. The molecule has 4 rings (SSSR count). The van der Waals surface area contributed by atoms with Crippen molar-refractivity contribution in [2.45, 2.75) is 26.4 Å². The van der Waals surface area contributed by atoms with E-state index in [1.54, 1.807) is 29.2 Å². The molecule has 186 valence electrons. The summed E-state index contributed by atoms with van der Waals surface area (Å²) in [4.78, 5) is 38.1. The highest BCUT2D eigenvalue weighted by atomic mass is 16.2. The average Bonchev–Trinajstić information content (AvgIpc) is 2.87. The van der Waals surface area contributed by atoms with Gasteiger partial charge in [0.05, 0.1) is 23.7 Å². The van der Waals surface area contributed by atoms with Gasteiger partial charge in [-0.15, -0.1) is 0 Å². The number of para-hydroxylation sites is 1. The van der Waals surface area contributed by atoms with Crippen LogP contribution in [0.15, 0.2) is 48.5 Å². The molecule has 3 aromatic rings. The number of rotatable bonds is 7. The minimum atomic E-state index is -0.547. The maximum atomic E-state index is 12.7. The molecule has 0 bridgehead atoms. The molecule has 1 fully saturated rings. The molecule has 10 heteroatoms. The Morgan fingerprint density at radius 3 is 2.39 bits per heavy atom. The molecular formula is C26H30N8O2. The van der Waals surface area contributed by atoms with Gasteiger partial charge < -0.3 is 21.3 Å². The number of nitrogens with one attached hydrogen (secondary N) is 2. The number of benzene rings is 2. The Hall–Kier alpha value is -4.23. The van der Waals surface area contributed by atoms with Gasteiger partial charge in [-0.2, -0.15) is 5.26 Å². The van der Waals surface area contributed by atoms with Crippen LogP contribution in [0.3, 0.4) is 0 Å². The van der Waals surface area contributed by atoms with Gasteiger partial charge in [0.1, 0.15) is 17.7 Å². The standard InChI is InChI=1S/C26H30N8O2/c1-17(2)23(24(28)35)32-25-20-5-3-4-6-21(20)30-22(31-25)16-33-11-13-34(14-12-33)26(36)29-19-9-7-18(15-27)8-10-19/h3-10,17,23H,11-14,16H2,1-2H3,(H2,28,35)(H,29,36)(H,30,31,32)/t23-/m0/s1. The summed E-state index contributed by atoms with van der Waals surface area (Å²) in [6, 6.07) is 15.8. The van der Waals surface area contributed by atoms with E-state index in [1.807, 2.05) is 38.1 Å². The summed E-state index contributed by atoms with van der Waals surface area (Å²) in [6.07, 6.45) is 0. The van der Waals surface area contributed by atoms with Crippen molar-refractivity contribution in [3.05, 3.63) is 59.9 Å². The number of amides is 3. The first-order valence-electron chi connectivity index (χ1n) is 11.9. The molecule has 0 saturated carbocycles. The highest BCUT2D eigenvalue weighted by Crippen LogP contribution is 2.23. The number of aromatic nitrogens is 2. The highest BCUT2D eigenvalue weighted by Gasteiger charge is 2.24. The van der Waals surface area contributed by atoms with Gasteiger partial charge in [0, 0.05) is 37.3 Å². The van der Waals surface area contributed by atoms with Crippen LogP contribution in [-0.2, 0) is 11.3 Å². The van der Waals surface area contributed by atoms with Crippen LogP contribution in [0.25, 0.3) is 10.9 Å². The second-order valence-corrected chi connectivity index (χ2v) is 9.16. The van der Waals surface area contributed by atoms with Gasteiger partial charge in [0.2, 0.25) is 5.91 Å². The monoisotopic (exact) mass is 486 g/mol. The largest absolute Gasteiger partial charge is 0.368 e.